The van der Waals surface area contributed by atoms with Crippen LogP contribution in [0.2, 0.25) is 0 Å². The van der Waals surface area contributed by atoms with Crippen LogP contribution in [0.3, 0.4) is 0 Å². The Balaban J connectivity index is 0.691. The Kier molecular flexibility index (Phi) is 21.0. The van der Waals surface area contributed by atoms with Gasteiger partial charge in [-0.15, -0.1) is 0 Å². The van der Waals surface area contributed by atoms with Crippen LogP contribution in [0.5, 0.6) is 0 Å². The van der Waals surface area contributed by atoms with Crippen molar-refractivity contribution < 1.29 is 0 Å². The van der Waals surface area contributed by atoms with Gasteiger partial charge in [0.25, 0.3) is 0 Å². The van der Waals surface area contributed by atoms with Gasteiger partial charge in [0, 0.05) is 109 Å². The summed E-state index contributed by atoms with van der Waals surface area (Å²) in [6.07, 6.45) is 0. The number of hydrogen-bond donors (Lipinski definition) is 0. The molecule has 0 N–H and O–H groups in total. The predicted molar refractivity (Wildman–Crippen MR) is 527 cm³/mol. The van der Waals surface area contributed by atoms with Crippen LogP contribution in [0.15, 0.2) is 461 Å². The summed E-state index contributed by atoms with van der Waals surface area (Å²) in [5, 5.41) is 20.0. The minimum absolute atomic E-state index is 0.718. The Bertz CT molecular complexity index is 6180. The van der Waals surface area contributed by atoms with Gasteiger partial charge in [0.1, 0.15) is 0 Å². The highest BCUT2D eigenvalue weighted by Gasteiger charge is 2.24. The zero-order valence-corrected chi connectivity index (χ0v) is 69.2. The molecule has 0 unspecified atom stereocenters. The summed E-state index contributed by atoms with van der Waals surface area (Å²) in [5.41, 5.74) is 21.0. The molecule has 0 atom stereocenters. The fourth-order valence-corrected chi connectivity index (χ4v) is 18.9. The first kappa shape index (κ1) is 75.9. The lowest BCUT2D eigenvalue weighted by atomic mass is 10.0. The second-order valence-corrected chi connectivity index (χ2v) is 32.8. The molecule has 21 rings (SSSR count). The molecule has 594 valence electrons. The molecule has 21 aromatic rings. The highest BCUT2D eigenvalue weighted by molar-refractivity contribution is 5.94. The molecule has 124 heavy (non-hydrogen) atoms. The first-order chi connectivity index (χ1) is 61.4. The molecule has 6 nitrogen and oxygen atoms in total. The van der Waals surface area contributed by atoms with Crippen LogP contribution in [0.25, 0.3) is 86.2 Å². The Morgan fingerprint density at radius 3 is 0.355 bits per heavy atom. The zero-order chi connectivity index (χ0) is 82.5. The third-order valence-corrected chi connectivity index (χ3v) is 25.2. The maximum atomic E-state index is 2.55. The van der Waals surface area contributed by atoms with Gasteiger partial charge >= 0.3 is 0 Å². The van der Waals surface area contributed by atoms with Crippen molar-refractivity contribution in [1.82, 2.24) is 0 Å². The van der Waals surface area contributed by atoms with Crippen molar-refractivity contribution in [3.63, 3.8) is 0 Å². The predicted octanol–water partition coefficient (Wildman–Crippen LogP) is 30.7. The third-order valence-electron chi connectivity index (χ3n) is 25.2. The quantitative estimate of drug-likeness (QED) is 0.0534. The Labute approximate surface area is 725 Å². The van der Waals surface area contributed by atoms with Gasteiger partial charge in [-0.2, -0.15) is 0 Å². The van der Waals surface area contributed by atoms with Crippen molar-refractivity contribution in [3.05, 3.63) is 506 Å². The molecule has 0 saturated carbocycles. The molecule has 0 aliphatic carbocycles. The van der Waals surface area contributed by atoms with E-state index in [2.05, 4.69) is 490 Å². The van der Waals surface area contributed by atoms with Crippen LogP contribution < -0.4 is 29.4 Å². The van der Waals surface area contributed by atoms with Crippen LogP contribution >= 0.6 is 0 Å². The highest BCUT2D eigenvalue weighted by Crippen LogP contribution is 2.44. The fraction of sp³-hybridized carbons (Fsp3) is 0.0678. The molecule has 0 aliphatic rings. The summed E-state index contributed by atoms with van der Waals surface area (Å²) in [4.78, 5) is 15.1. The van der Waals surface area contributed by atoms with Crippen LogP contribution in [-0.2, 0) is 52.4 Å². The monoisotopic (exact) mass is 1590 g/mol. The summed E-state index contributed by atoms with van der Waals surface area (Å²) >= 11 is 0. The standard InChI is InChI=1S/C118H92N6/c1-9-49-111-85(25-1)33-17-41-93(111)77-119(78-94-42-18-34-86-26-2-10-50-112(86)94)101-57-65-105(66-58-101)123(106-67-59-102(60-68-106)120(79-95-43-19-35-87-27-3-11-51-113(87)95)80-96-44-20-36-88-28-4-12-52-114(88)96)109-73-75-110(76-74-109)124(107-69-61-103(62-70-107)121(81-97-45-21-37-89-29-5-13-53-115(89)97)82-98-46-22-38-90-30-6-14-54-116(90)98)108-71-63-104(64-72-108)122(83-99-47-23-39-91-31-7-15-55-117(91)99)84-100-48-24-40-92-32-8-16-56-118(92)100/h1-76H,77-84H2. The fourth-order valence-electron chi connectivity index (χ4n) is 18.9. The molecule has 0 spiro atoms. The molecule has 0 amide bonds. The van der Waals surface area contributed by atoms with Gasteiger partial charge in [0.15, 0.2) is 0 Å². The summed E-state index contributed by atoms with van der Waals surface area (Å²) in [6.45, 7) is 5.74. The minimum Gasteiger partial charge on any atom is -0.363 e. The minimum atomic E-state index is 0.718. The van der Waals surface area contributed by atoms with Gasteiger partial charge < -0.3 is 29.4 Å². The summed E-state index contributed by atoms with van der Waals surface area (Å²) in [7, 11) is 0. The Morgan fingerprint density at radius 2 is 0.218 bits per heavy atom. The molecule has 0 saturated heterocycles. The van der Waals surface area contributed by atoms with Gasteiger partial charge in [-0.05, 0) is 252 Å². The number of rotatable bonds is 26. The maximum Gasteiger partial charge on any atom is 0.0463 e. The molecule has 0 aromatic heterocycles. The lowest BCUT2D eigenvalue weighted by Crippen LogP contribution is -2.23. The molecule has 0 heterocycles. The maximum absolute atomic E-state index is 2.55. The van der Waals surface area contributed by atoms with E-state index < -0.39 is 0 Å². The lowest BCUT2D eigenvalue weighted by molar-refractivity contribution is 0.807. The number of fused-ring (bicyclic) bond motifs is 8. The average molecular weight is 1590 g/mol. The number of benzene rings is 21. The highest BCUT2D eigenvalue weighted by atomic mass is 15.2. The lowest BCUT2D eigenvalue weighted by Gasteiger charge is -2.31. The second-order valence-electron chi connectivity index (χ2n) is 32.8. The van der Waals surface area contributed by atoms with E-state index in [0.29, 0.717) is 0 Å². The molecule has 0 radical (unpaired) electrons. The number of nitrogens with zero attached hydrogens (tertiary/aromatic N) is 6. The van der Waals surface area contributed by atoms with Crippen LogP contribution in [-0.4, -0.2) is 0 Å². The van der Waals surface area contributed by atoms with Crippen molar-refractivity contribution in [2.24, 2.45) is 0 Å². The Hall–Kier alpha value is -15.5. The molecular formula is C118H92N6. The van der Waals surface area contributed by atoms with E-state index in [-0.39, 0.29) is 0 Å². The average Bonchev–Trinajstić information content (AvgIpc) is 0.912. The van der Waals surface area contributed by atoms with Crippen molar-refractivity contribution in [3.8, 4) is 0 Å². The zero-order valence-electron chi connectivity index (χ0n) is 69.2. The van der Waals surface area contributed by atoms with E-state index in [9.17, 15) is 0 Å². The largest absolute Gasteiger partial charge is 0.363 e. The summed E-state index contributed by atoms with van der Waals surface area (Å²) in [6, 6.07) is 171. The van der Waals surface area contributed by atoms with Crippen molar-refractivity contribution >= 4 is 143 Å². The normalized spacial score (nSPS) is 11.5. The first-order valence-corrected chi connectivity index (χ1v) is 43.3. The number of hydrogen-bond acceptors (Lipinski definition) is 6. The second kappa shape index (κ2) is 34.3. The smallest absolute Gasteiger partial charge is 0.0463 e. The molecule has 0 bridgehead atoms. The van der Waals surface area contributed by atoms with E-state index in [1.807, 2.05) is 0 Å². The van der Waals surface area contributed by atoms with E-state index in [0.717, 1.165) is 109 Å². The van der Waals surface area contributed by atoms with Crippen molar-refractivity contribution in [2.45, 2.75) is 52.4 Å². The van der Waals surface area contributed by atoms with E-state index in [4.69, 9.17) is 0 Å². The van der Waals surface area contributed by atoms with Gasteiger partial charge in [-0.1, -0.05) is 340 Å². The number of anilines is 10. The van der Waals surface area contributed by atoms with Crippen LogP contribution in [0.1, 0.15) is 44.5 Å². The molecule has 0 aliphatic heterocycles. The Morgan fingerprint density at radius 1 is 0.105 bits per heavy atom. The summed E-state index contributed by atoms with van der Waals surface area (Å²) < 4.78 is 0. The summed E-state index contributed by atoms with van der Waals surface area (Å²) in [5.74, 6) is 0. The van der Waals surface area contributed by atoms with E-state index in [1.54, 1.807) is 0 Å². The van der Waals surface area contributed by atoms with Crippen molar-refractivity contribution in [2.75, 3.05) is 29.4 Å². The molecule has 0 fully saturated rings. The third kappa shape index (κ3) is 15.7. The van der Waals surface area contributed by atoms with Gasteiger partial charge in [0.2, 0.25) is 0 Å². The van der Waals surface area contributed by atoms with Crippen LogP contribution in [0.4, 0.5) is 56.9 Å². The SMILES string of the molecule is c1ccc2c(CN(Cc3cccc4ccccc34)c3ccc(N(c4ccc(N(Cc5cccc6ccccc56)Cc5cccc6ccccc56)cc4)c4ccc(N(c5ccc(N(Cc6cccc7ccccc67)Cc6cccc7ccccc67)cc5)c5ccc(N(Cc6cccc7ccccc67)Cc6cccc7ccccc67)cc5)cc4)cc3)cccc2c1. The van der Waals surface area contributed by atoms with Crippen LogP contribution in [0, 0.1) is 0 Å². The molecular weight excluding hydrogens is 1500 g/mol. The molecule has 6 heteroatoms. The van der Waals surface area contributed by atoms with Crippen molar-refractivity contribution in [1.29, 1.82) is 0 Å². The molecule has 21 aromatic carbocycles. The van der Waals surface area contributed by atoms with Gasteiger partial charge in [-0.25, -0.2) is 0 Å². The van der Waals surface area contributed by atoms with E-state index in [1.165, 1.54) is 131 Å². The van der Waals surface area contributed by atoms with Gasteiger partial charge in [0.05, 0.1) is 0 Å². The first-order valence-electron chi connectivity index (χ1n) is 43.3. The van der Waals surface area contributed by atoms with E-state index >= 15 is 0 Å². The topological polar surface area (TPSA) is 19.4 Å². The van der Waals surface area contributed by atoms with Gasteiger partial charge in [-0.3, -0.25) is 0 Å².